The van der Waals surface area contributed by atoms with E-state index < -0.39 is 0 Å². The number of hydrogen-bond donors (Lipinski definition) is 0. The van der Waals surface area contributed by atoms with Gasteiger partial charge < -0.3 is 0 Å². The van der Waals surface area contributed by atoms with E-state index in [1.807, 2.05) is 12.1 Å². The van der Waals surface area contributed by atoms with Crippen molar-refractivity contribution in [3.8, 4) is 0 Å². The van der Waals surface area contributed by atoms with Gasteiger partial charge in [0.05, 0.1) is 4.83 Å². The molecule has 98 valence electrons. The summed E-state index contributed by atoms with van der Waals surface area (Å²) in [6.07, 6.45) is 3.75. The van der Waals surface area contributed by atoms with Crippen molar-refractivity contribution in [2.45, 2.75) is 31.0 Å². The maximum absolute atomic E-state index is 6.15. The molecule has 0 amide bonds. The van der Waals surface area contributed by atoms with Crippen molar-refractivity contribution >= 4 is 27.5 Å². The number of rotatable bonds is 2. The van der Waals surface area contributed by atoms with Gasteiger partial charge in [-0.25, -0.2) is 0 Å². The van der Waals surface area contributed by atoms with Crippen LogP contribution >= 0.6 is 27.5 Å². The summed E-state index contributed by atoms with van der Waals surface area (Å²) in [7, 11) is 0. The lowest BCUT2D eigenvalue weighted by atomic mass is 9.99. The highest BCUT2D eigenvalue weighted by molar-refractivity contribution is 9.09. The van der Waals surface area contributed by atoms with Gasteiger partial charge in [0.1, 0.15) is 0 Å². The molecule has 0 aliphatic heterocycles. The Balaban J connectivity index is 1.97. The molecule has 0 saturated heterocycles. The topological polar surface area (TPSA) is 0 Å². The number of hydrogen-bond acceptors (Lipinski definition) is 0. The monoisotopic (exact) mass is 334 g/mol. The highest BCUT2D eigenvalue weighted by Gasteiger charge is 2.16. The first-order chi connectivity index (χ1) is 9.13. The molecule has 2 aromatic rings. The predicted octanol–water partition coefficient (Wildman–Crippen LogP) is 5.62. The number of halogens is 2. The van der Waals surface area contributed by atoms with Crippen LogP contribution in [0, 0.1) is 6.92 Å². The second kappa shape index (κ2) is 5.30. The molecule has 0 fully saturated rings. The molecule has 1 unspecified atom stereocenters. The van der Waals surface area contributed by atoms with Gasteiger partial charge in [0.2, 0.25) is 0 Å². The maximum atomic E-state index is 6.15. The molecule has 0 spiro atoms. The van der Waals surface area contributed by atoms with E-state index in [0.717, 1.165) is 5.02 Å². The summed E-state index contributed by atoms with van der Waals surface area (Å²) < 4.78 is 0. The van der Waals surface area contributed by atoms with Gasteiger partial charge in [0, 0.05) is 5.02 Å². The largest absolute Gasteiger partial charge is 0.0843 e. The van der Waals surface area contributed by atoms with E-state index in [0.29, 0.717) is 0 Å². The van der Waals surface area contributed by atoms with Crippen molar-refractivity contribution in [3.05, 3.63) is 69.2 Å². The van der Waals surface area contributed by atoms with E-state index >= 15 is 0 Å². The van der Waals surface area contributed by atoms with Gasteiger partial charge in [-0.05, 0) is 66.1 Å². The Kier molecular flexibility index (Phi) is 3.68. The number of benzene rings is 2. The molecule has 1 atom stereocenters. The average Bonchev–Trinajstić information content (AvgIpc) is 2.83. The summed E-state index contributed by atoms with van der Waals surface area (Å²) in [5.41, 5.74) is 6.78. The van der Waals surface area contributed by atoms with Crippen molar-refractivity contribution in [1.29, 1.82) is 0 Å². The summed E-state index contributed by atoms with van der Waals surface area (Å²) in [4.78, 5) is 0.218. The van der Waals surface area contributed by atoms with E-state index in [1.54, 1.807) is 0 Å². The third-order valence-corrected chi connectivity index (χ3v) is 5.05. The molecule has 2 heteroatoms. The van der Waals surface area contributed by atoms with Crippen LogP contribution in [0.2, 0.25) is 5.02 Å². The zero-order chi connectivity index (χ0) is 13.4. The second-order valence-electron chi connectivity index (χ2n) is 5.31. The summed E-state index contributed by atoms with van der Waals surface area (Å²) in [5, 5.41) is 0.806. The third-order valence-electron chi connectivity index (χ3n) is 3.77. The van der Waals surface area contributed by atoms with Crippen LogP contribution in [-0.2, 0) is 12.8 Å². The Morgan fingerprint density at radius 1 is 1.00 bits per heavy atom. The van der Waals surface area contributed by atoms with Crippen LogP contribution in [0.1, 0.15) is 39.1 Å². The fourth-order valence-electron chi connectivity index (χ4n) is 2.85. The zero-order valence-electron chi connectivity index (χ0n) is 10.9. The molecule has 0 bridgehead atoms. The fraction of sp³-hybridized carbons (Fsp3) is 0.294. The van der Waals surface area contributed by atoms with Crippen molar-refractivity contribution in [2.75, 3.05) is 0 Å². The van der Waals surface area contributed by atoms with Crippen LogP contribution in [0.3, 0.4) is 0 Å². The standard InChI is InChI=1S/C17H16BrCl/c1-11-7-15(10-16(19)8-11)17(18)14-6-5-12-3-2-4-13(12)9-14/h5-10,17H,2-4H2,1H3. The van der Waals surface area contributed by atoms with Crippen LogP contribution in [0.25, 0.3) is 0 Å². The second-order valence-corrected chi connectivity index (χ2v) is 6.66. The maximum Gasteiger partial charge on any atom is 0.0645 e. The van der Waals surface area contributed by atoms with Gasteiger partial charge in [0.25, 0.3) is 0 Å². The van der Waals surface area contributed by atoms with Crippen LogP contribution in [0.5, 0.6) is 0 Å². The molecule has 0 nitrogen and oxygen atoms in total. The van der Waals surface area contributed by atoms with Gasteiger partial charge in [-0.2, -0.15) is 0 Å². The Bertz CT molecular complexity index is 598. The van der Waals surface area contributed by atoms with Crippen LogP contribution in [-0.4, -0.2) is 0 Å². The Morgan fingerprint density at radius 3 is 2.58 bits per heavy atom. The molecule has 0 saturated carbocycles. The first-order valence-corrected chi connectivity index (χ1v) is 7.96. The normalized spacial score (nSPS) is 15.3. The van der Waals surface area contributed by atoms with Crippen molar-refractivity contribution < 1.29 is 0 Å². The van der Waals surface area contributed by atoms with E-state index in [-0.39, 0.29) is 4.83 Å². The average molecular weight is 336 g/mol. The van der Waals surface area contributed by atoms with Gasteiger partial charge >= 0.3 is 0 Å². The third kappa shape index (κ3) is 2.73. The molecular weight excluding hydrogens is 320 g/mol. The molecule has 0 heterocycles. The summed E-state index contributed by atoms with van der Waals surface area (Å²) >= 11 is 9.97. The SMILES string of the molecule is Cc1cc(Cl)cc(C(Br)c2ccc3c(c2)CCC3)c1. The van der Waals surface area contributed by atoms with E-state index in [1.165, 1.54) is 47.1 Å². The number of aryl methyl sites for hydroxylation is 3. The molecule has 0 N–H and O–H groups in total. The molecule has 1 aliphatic carbocycles. The lowest BCUT2D eigenvalue weighted by Crippen LogP contribution is -1.95. The Labute approximate surface area is 127 Å². The Morgan fingerprint density at radius 2 is 1.79 bits per heavy atom. The summed E-state index contributed by atoms with van der Waals surface area (Å²) in [6, 6.07) is 13.1. The highest BCUT2D eigenvalue weighted by atomic mass is 79.9. The van der Waals surface area contributed by atoms with Crippen molar-refractivity contribution in [3.63, 3.8) is 0 Å². The first kappa shape index (κ1) is 13.2. The zero-order valence-corrected chi connectivity index (χ0v) is 13.3. The van der Waals surface area contributed by atoms with Gasteiger partial charge in [-0.3, -0.25) is 0 Å². The van der Waals surface area contributed by atoms with Crippen molar-refractivity contribution in [2.24, 2.45) is 0 Å². The van der Waals surface area contributed by atoms with Gasteiger partial charge in [-0.15, -0.1) is 0 Å². The molecule has 1 aliphatic rings. The van der Waals surface area contributed by atoms with Crippen LogP contribution < -0.4 is 0 Å². The molecule has 0 radical (unpaired) electrons. The minimum Gasteiger partial charge on any atom is -0.0843 e. The van der Waals surface area contributed by atoms with Gasteiger partial charge in [-0.1, -0.05) is 51.8 Å². The van der Waals surface area contributed by atoms with Gasteiger partial charge in [0.15, 0.2) is 0 Å². The molecule has 0 aromatic heterocycles. The minimum atomic E-state index is 0.218. The summed E-state index contributed by atoms with van der Waals surface area (Å²) in [6.45, 7) is 2.08. The lowest BCUT2D eigenvalue weighted by molar-refractivity contribution is 0.911. The van der Waals surface area contributed by atoms with E-state index in [9.17, 15) is 0 Å². The molecule has 3 rings (SSSR count). The fourth-order valence-corrected chi connectivity index (χ4v) is 3.70. The lowest BCUT2D eigenvalue weighted by Gasteiger charge is -2.13. The van der Waals surface area contributed by atoms with E-state index in [2.05, 4.69) is 47.1 Å². The van der Waals surface area contributed by atoms with Crippen molar-refractivity contribution in [1.82, 2.24) is 0 Å². The smallest absolute Gasteiger partial charge is 0.0645 e. The first-order valence-electron chi connectivity index (χ1n) is 6.66. The van der Waals surface area contributed by atoms with E-state index in [4.69, 9.17) is 11.6 Å². The Hall–Kier alpha value is -0.790. The predicted molar refractivity (Wildman–Crippen MR) is 85.4 cm³/mol. The minimum absolute atomic E-state index is 0.218. The molecular formula is C17H16BrCl. The quantitative estimate of drug-likeness (QED) is 0.625. The summed E-state index contributed by atoms with van der Waals surface area (Å²) in [5.74, 6) is 0. The van der Waals surface area contributed by atoms with Crippen LogP contribution in [0.4, 0.5) is 0 Å². The number of alkyl halides is 1. The molecule has 2 aromatic carbocycles. The number of fused-ring (bicyclic) bond motifs is 1. The molecule has 19 heavy (non-hydrogen) atoms. The van der Waals surface area contributed by atoms with Crippen LogP contribution in [0.15, 0.2) is 36.4 Å². The highest BCUT2D eigenvalue weighted by Crippen LogP contribution is 2.35.